The Kier molecular flexibility index (Phi) is 6.40. The minimum Gasteiger partial charge on any atom is -0.497 e. The minimum absolute atomic E-state index is 0.0919. The molecule has 0 saturated heterocycles. The highest BCUT2D eigenvalue weighted by molar-refractivity contribution is 6.07. The molecule has 0 spiro atoms. The summed E-state index contributed by atoms with van der Waals surface area (Å²) in [7, 11) is 4.79. The average Bonchev–Trinajstić information content (AvgIpc) is 2.66. The minimum atomic E-state index is -0.0919. The van der Waals surface area contributed by atoms with Crippen molar-refractivity contribution in [3.63, 3.8) is 0 Å². The van der Waals surface area contributed by atoms with Crippen molar-refractivity contribution in [2.75, 3.05) is 21.3 Å². The summed E-state index contributed by atoms with van der Waals surface area (Å²) in [5.74, 6) is 2.00. The summed E-state index contributed by atoms with van der Waals surface area (Å²) in [6.45, 7) is 3.76. The van der Waals surface area contributed by atoms with E-state index in [1.807, 2.05) is 12.1 Å². The SMILES string of the molecule is C=CCc1cc(C=CC(=O)c2ccc(OC)cc2)c(OC)cc1OC. The Morgan fingerprint density at radius 1 is 1.00 bits per heavy atom. The van der Waals surface area contributed by atoms with Gasteiger partial charge in [0.25, 0.3) is 0 Å². The first-order chi connectivity index (χ1) is 12.1. The third-order valence-corrected chi connectivity index (χ3v) is 3.79. The Bertz CT molecular complexity index is 773. The molecule has 2 aromatic rings. The van der Waals surface area contributed by atoms with Gasteiger partial charge < -0.3 is 14.2 Å². The fraction of sp³-hybridized carbons (Fsp3) is 0.190. The van der Waals surface area contributed by atoms with Gasteiger partial charge in [0, 0.05) is 17.2 Å². The lowest BCUT2D eigenvalue weighted by molar-refractivity contribution is 0.104. The number of carbonyl (C=O) groups is 1. The number of methoxy groups -OCH3 is 3. The maximum atomic E-state index is 12.3. The molecule has 0 saturated carbocycles. The maximum Gasteiger partial charge on any atom is 0.185 e. The van der Waals surface area contributed by atoms with Crippen molar-refractivity contribution >= 4 is 11.9 Å². The van der Waals surface area contributed by atoms with E-state index in [0.29, 0.717) is 23.5 Å². The van der Waals surface area contributed by atoms with Crippen molar-refractivity contribution < 1.29 is 19.0 Å². The number of ether oxygens (including phenoxy) is 3. The van der Waals surface area contributed by atoms with Crippen LogP contribution in [0.15, 0.2) is 55.1 Å². The van der Waals surface area contributed by atoms with E-state index in [1.165, 1.54) is 6.08 Å². The Morgan fingerprint density at radius 3 is 2.24 bits per heavy atom. The molecule has 0 N–H and O–H groups in total. The number of hydrogen-bond acceptors (Lipinski definition) is 4. The van der Waals surface area contributed by atoms with E-state index >= 15 is 0 Å². The molecule has 4 nitrogen and oxygen atoms in total. The Labute approximate surface area is 148 Å². The van der Waals surface area contributed by atoms with Gasteiger partial charge in [-0.3, -0.25) is 4.79 Å². The molecule has 0 heterocycles. The van der Waals surface area contributed by atoms with Crippen LogP contribution in [0.5, 0.6) is 17.2 Å². The molecule has 0 aliphatic carbocycles. The smallest absolute Gasteiger partial charge is 0.185 e. The number of benzene rings is 2. The van der Waals surface area contributed by atoms with Gasteiger partial charge in [-0.25, -0.2) is 0 Å². The van der Waals surface area contributed by atoms with E-state index in [9.17, 15) is 4.79 Å². The van der Waals surface area contributed by atoms with Crippen molar-refractivity contribution in [3.8, 4) is 17.2 Å². The number of ketones is 1. The zero-order valence-corrected chi connectivity index (χ0v) is 14.7. The molecule has 25 heavy (non-hydrogen) atoms. The summed E-state index contributed by atoms with van der Waals surface area (Å²) >= 11 is 0. The van der Waals surface area contributed by atoms with Crippen molar-refractivity contribution in [1.82, 2.24) is 0 Å². The van der Waals surface area contributed by atoms with Crippen molar-refractivity contribution in [2.24, 2.45) is 0 Å². The predicted octanol–water partition coefficient (Wildman–Crippen LogP) is 4.34. The molecule has 0 unspecified atom stereocenters. The van der Waals surface area contributed by atoms with Gasteiger partial charge in [0.1, 0.15) is 17.2 Å². The standard InChI is InChI=1S/C21H22O4/c1-5-6-16-13-17(21(25-4)14-20(16)24-3)9-12-19(22)15-7-10-18(23-2)11-8-15/h5,7-14H,1,6H2,2-4H3. The zero-order chi connectivity index (χ0) is 18.2. The largest absolute Gasteiger partial charge is 0.497 e. The lowest BCUT2D eigenvalue weighted by atomic mass is 10.0. The van der Waals surface area contributed by atoms with Crippen LogP contribution in [0.1, 0.15) is 21.5 Å². The Hall–Kier alpha value is -3.01. The quantitative estimate of drug-likeness (QED) is 0.408. The highest BCUT2D eigenvalue weighted by atomic mass is 16.5. The fourth-order valence-electron chi connectivity index (χ4n) is 2.45. The van der Waals surface area contributed by atoms with Crippen LogP contribution >= 0.6 is 0 Å². The number of allylic oxidation sites excluding steroid dienone is 2. The van der Waals surface area contributed by atoms with Crippen LogP contribution in [0.3, 0.4) is 0 Å². The van der Waals surface area contributed by atoms with Gasteiger partial charge in [-0.05, 0) is 54.5 Å². The molecule has 0 amide bonds. The van der Waals surface area contributed by atoms with Gasteiger partial charge >= 0.3 is 0 Å². The Morgan fingerprint density at radius 2 is 1.68 bits per heavy atom. The number of rotatable bonds is 8. The molecule has 0 aromatic heterocycles. The molecule has 0 radical (unpaired) electrons. The van der Waals surface area contributed by atoms with Gasteiger partial charge in [-0.1, -0.05) is 6.08 Å². The lowest BCUT2D eigenvalue weighted by Crippen LogP contribution is -1.97. The van der Waals surface area contributed by atoms with Gasteiger partial charge in [-0.15, -0.1) is 6.58 Å². The first-order valence-electron chi connectivity index (χ1n) is 7.85. The average molecular weight is 338 g/mol. The topological polar surface area (TPSA) is 44.8 Å². The number of carbonyl (C=O) groups excluding carboxylic acids is 1. The molecule has 0 atom stereocenters. The molecular weight excluding hydrogens is 316 g/mol. The van der Waals surface area contributed by atoms with Crippen LogP contribution in [0.25, 0.3) is 6.08 Å². The third-order valence-electron chi connectivity index (χ3n) is 3.79. The van der Waals surface area contributed by atoms with Gasteiger partial charge in [-0.2, -0.15) is 0 Å². The molecule has 0 aliphatic rings. The van der Waals surface area contributed by atoms with Gasteiger partial charge in [0.05, 0.1) is 21.3 Å². The molecular formula is C21H22O4. The van der Waals surface area contributed by atoms with Gasteiger partial charge in [0.15, 0.2) is 5.78 Å². The van der Waals surface area contributed by atoms with E-state index < -0.39 is 0 Å². The zero-order valence-electron chi connectivity index (χ0n) is 14.7. The van der Waals surface area contributed by atoms with Crippen molar-refractivity contribution in [1.29, 1.82) is 0 Å². The summed E-state index contributed by atoms with van der Waals surface area (Å²) in [6, 6.07) is 10.8. The summed E-state index contributed by atoms with van der Waals surface area (Å²) in [5, 5.41) is 0. The van der Waals surface area contributed by atoms with Crippen LogP contribution < -0.4 is 14.2 Å². The molecule has 4 heteroatoms. The summed E-state index contributed by atoms with van der Waals surface area (Å²) < 4.78 is 15.9. The first kappa shape index (κ1) is 18.3. The fourth-order valence-corrected chi connectivity index (χ4v) is 2.45. The van der Waals surface area contributed by atoms with Crippen LogP contribution in [0, 0.1) is 0 Å². The van der Waals surface area contributed by atoms with Gasteiger partial charge in [0.2, 0.25) is 0 Å². The molecule has 0 fully saturated rings. The highest BCUT2D eigenvalue weighted by Crippen LogP contribution is 2.30. The van der Waals surface area contributed by atoms with E-state index in [4.69, 9.17) is 14.2 Å². The lowest BCUT2D eigenvalue weighted by Gasteiger charge is -2.12. The summed E-state index contributed by atoms with van der Waals surface area (Å²) in [4.78, 5) is 12.3. The predicted molar refractivity (Wildman–Crippen MR) is 99.8 cm³/mol. The van der Waals surface area contributed by atoms with Crippen molar-refractivity contribution in [2.45, 2.75) is 6.42 Å². The monoisotopic (exact) mass is 338 g/mol. The normalized spacial score (nSPS) is 10.5. The summed E-state index contributed by atoms with van der Waals surface area (Å²) in [5.41, 5.74) is 2.38. The molecule has 130 valence electrons. The van der Waals surface area contributed by atoms with Crippen LogP contribution in [0.4, 0.5) is 0 Å². The second-order valence-corrected chi connectivity index (χ2v) is 5.32. The molecule has 0 bridgehead atoms. The first-order valence-corrected chi connectivity index (χ1v) is 7.85. The van der Waals surface area contributed by atoms with E-state index in [0.717, 1.165) is 16.9 Å². The second-order valence-electron chi connectivity index (χ2n) is 5.32. The van der Waals surface area contributed by atoms with E-state index in [2.05, 4.69) is 6.58 Å². The summed E-state index contributed by atoms with van der Waals surface area (Å²) in [6.07, 6.45) is 5.75. The van der Waals surface area contributed by atoms with Crippen LogP contribution in [0.2, 0.25) is 0 Å². The van der Waals surface area contributed by atoms with E-state index in [1.54, 1.807) is 57.7 Å². The molecule has 2 aromatic carbocycles. The third kappa shape index (κ3) is 4.51. The Balaban J connectivity index is 2.30. The highest BCUT2D eigenvalue weighted by Gasteiger charge is 2.09. The molecule has 2 rings (SSSR count). The van der Waals surface area contributed by atoms with Crippen LogP contribution in [-0.2, 0) is 6.42 Å². The second kappa shape index (κ2) is 8.73. The van der Waals surface area contributed by atoms with E-state index in [-0.39, 0.29) is 5.78 Å². The maximum absolute atomic E-state index is 12.3. The van der Waals surface area contributed by atoms with Crippen molar-refractivity contribution in [3.05, 3.63) is 71.8 Å². The number of hydrogen-bond donors (Lipinski definition) is 0. The van der Waals surface area contributed by atoms with Crippen LogP contribution in [-0.4, -0.2) is 27.1 Å². The molecule has 0 aliphatic heterocycles.